The Balaban J connectivity index is 3.09. The van der Waals surface area contributed by atoms with E-state index in [9.17, 15) is 14.9 Å². The minimum Gasteiger partial charge on any atom is -0.481 e. The molecule has 14 heavy (non-hydrogen) atoms. The SMILES string of the molecule is CC(C)(C(=O)O)c1cc([N+](=O)[O-])[nH]n1. The lowest BCUT2D eigenvalue weighted by atomic mass is 9.90. The van der Waals surface area contributed by atoms with Gasteiger partial charge >= 0.3 is 11.8 Å². The van der Waals surface area contributed by atoms with Crippen molar-refractivity contribution in [1.82, 2.24) is 10.2 Å². The van der Waals surface area contributed by atoms with Crippen LogP contribution in [0.2, 0.25) is 0 Å². The van der Waals surface area contributed by atoms with E-state index in [2.05, 4.69) is 10.2 Å². The molecule has 0 fully saturated rings. The standard InChI is InChI=1S/C7H9N3O4/c1-7(2,6(11)12)4-3-5(9-8-4)10(13)14/h3H,1-2H3,(H,8,9)(H,11,12). The number of carbonyl (C=O) groups is 1. The zero-order valence-electron chi connectivity index (χ0n) is 7.64. The number of hydrogen-bond donors (Lipinski definition) is 2. The van der Waals surface area contributed by atoms with E-state index < -0.39 is 16.3 Å². The molecule has 1 aromatic heterocycles. The highest BCUT2D eigenvalue weighted by Gasteiger charge is 2.34. The fourth-order valence-electron chi connectivity index (χ4n) is 0.835. The summed E-state index contributed by atoms with van der Waals surface area (Å²) in [6.45, 7) is 2.85. The van der Waals surface area contributed by atoms with Crippen molar-refractivity contribution in [1.29, 1.82) is 0 Å². The highest BCUT2D eigenvalue weighted by Crippen LogP contribution is 2.23. The summed E-state index contributed by atoms with van der Waals surface area (Å²) in [4.78, 5) is 20.4. The summed E-state index contributed by atoms with van der Waals surface area (Å²) in [5.74, 6) is -1.40. The van der Waals surface area contributed by atoms with E-state index in [1.165, 1.54) is 13.8 Å². The van der Waals surface area contributed by atoms with Gasteiger partial charge in [0.1, 0.15) is 11.1 Å². The number of aromatic nitrogens is 2. The van der Waals surface area contributed by atoms with Crippen LogP contribution in [0.15, 0.2) is 6.07 Å². The van der Waals surface area contributed by atoms with E-state index >= 15 is 0 Å². The highest BCUT2D eigenvalue weighted by molar-refractivity contribution is 5.79. The molecule has 0 aromatic carbocycles. The maximum absolute atomic E-state index is 10.8. The molecule has 0 unspecified atom stereocenters. The van der Waals surface area contributed by atoms with Crippen LogP contribution >= 0.6 is 0 Å². The Morgan fingerprint density at radius 3 is 2.64 bits per heavy atom. The molecule has 0 amide bonds. The van der Waals surface area contributed by atoms with Crippen LogP contribution < -0.4 is 0 Å². The third-order valence-electron chi connectivity index (χ3n) is 1.94. The van der Waals surface area contributed by atoms with Gasteiger partial charge in [0.05, 0.1) is 6.07 Å². The molecule has 7 heteroatoms. The van der Waals surface area contributed by atoms with Gasteiger partial charge in [0.25, 0.3) is 0 Å². The zero-order valence-corrected chi connectivity index (χ0v) is 7.64. The molecule has 0 bridgehead atoms. The first-order chi connectivity index (χ1) is 6.35. The van der Waals surface area contributed by atoms with Crippen molar-refractivity contribution in [3.63, 3.8) is 0 Å². The van der Waals surface area contributed by atoms with Gasteiger partial charge in [-0.15, -0.1) is 5.10 Å². The molecule has 0 aliphatic rings. The van der Waals surface area contributed by atoms with Gasteiger partial charge in [0, 0.05) is 0 Å². The van der Waals surface area contributed by atoms with E-state index in [4.69, 9.17) is 5.11 Å². The van der Waals surface area contributed by atoms with Gasteiger partial charge in [0.2, 0.25) is 0 Å². The fraction of sp³-hybridized carbons (Fsp3) is 0.429. The minimum absolute atomic E-state index is 0.136. The van der Waals surface area contributed by atoms with Crippen molar-refractivity contribution < 1.29 is 14.8 Å². The quantitative estimate of drug-likeness (QED) is 0.549. The Morgan fingerprint density at radius 1 is 1.71 bits per heavy atom. The largest absolute Gasteiger partial charge is 0.481 e. The second kappa shape index (κ2) is 3.09. The molecule has 76 valence electrons. The van der Waals surface area contributed by atoms with Crippen LogP contribution in [0, 0.1) is 10.1 Å². The number of carboxylic acids is 1. The predicted octanol–water partition coefficient (Wildman–Crippen LogP) is 0.680. The fourth-order valence-corrected chi connectivity index (χ4v) is 0.835. The number of rotatable bonds is 3. The summed E-state index contributed by atoms with van der Waals surface area (Å²) in [5, 5.41) is 24.9. The molecule has 0 aliphatic heterocycles. The molecular formula is C7H9N3O4. The van der Waals surface area contributed by atoms with Crippen molar-refractivity contribution >= 4 is 11.8 Å². The van der Waals surface area contributed by atoms with Gasteiger partial charge in [0.15, 0.2) is 0 Å². The van der Waals surface area contributed by atoms with Crippen LogP contribution in [-0.4, -0.2) is 26.2 Å². The number of nitrogens with one attached hydrogen (secondary N) is 1. The first kappa shape index (κ1) is 10.2. The third kappa shape index (κ3) is 1.56. The normalized spacial score (nSPS) is 11.3. The second-order valence-electron chi connectivity index (χ2n) is 3.33. The summed E-state index contributed by atoms with van der Waals surface area (Å²) in [7, 11) is 0. The molecule has 0 aliphatic carbocycles. The van der Waals surface area contributed by atoms with E-state index in [-0.39, 0.29) is 11.5 Å². The number of hydrogen-bond acceptors (Lipinski definition) is 4. The molecule has 0 radical (unpaired) electrons. The monoisotopic (exact) mass is 199 g/mol. The van der Waals surface area contributed by atoms with Crippen LogP contribution in [0.1, 0.15) is 19.5 Å². The number of aromatic amines is 1. The molecule has 7 nitrogen and oxygen atoms in total. The first-order valence-electron chi connectivity index (χ1n) is 3.79. The average Bonchev–Trinajstić information content (AvgIpc) is 2.51. The number of nitrogens with zero attached hydrogens (tertiary/aromatic N) is 2. The first-order valence-corrected chi connectivity index (χ1v) is 3.79. The summed E-state index contributed by atoms with van der Waals surface area (Å²) in [6.07, 6.45) is 0. The van der Waals surface area contributed by atoms with Gasteiger partial charge in [-0.1, -0.05) is 5.10 Å². The van der Waals surface area contributed by atoms with E-state index in [1.54, 1.807) is 0 Å². The van der Waals surface area contributed by atoms with Gasteiger partial charge in [-0.2, -0.15) is 0 Å². The Bertz CT molecular complexity index is 382. The minimum atomic E-state index is -1.23. The Hall–Kier alpha value is -1.92. The molecule has 1 aromatic rings. The van der Waals surface area contributed by atoms with Gasteiger partial charge in [-0.25, -0.2) is 0 Å². The van der Waals surface area contributed by atoms with Crippen LogP contribution in [0.25, 0.3) is 0 Å². The predicted molar refractivity (Wildman–Crippen MR) is 45.9 cm³/mol. The number of H-pyrrole nitrogens is 1. The topological polar surface area (TPSA) is 109 Å². The lowest BCUT2D eigenvalue weighted by molar-refractivity contribution is -0.389. The molecule has 0 atom stereocenters. The molecular weight excluding hydrogens is 190 g/mol. The van der Waals surface area contributed by atoms with Gasteiger partial charge < -0.3 is 15.2 Å². The van der Waals surface area contributed by atoms with Gasteiger partial charge in [-0.3, -0.25) is 4.79 Å². The molecule has 2 N–H and O–H groups in total. The summed E-state index contributed by atoms with van der Waals surface area (Å²) < 4.78 is 0. The van der Waals surface area contributed by atoms with Crippen LogP contribution in [-0.2, 0) is 10.2 Å². The molecule has 0 saturated carbocycles. The number of carboxylic acid groups (broad SMARTS) is 1. The van der Waals surface area contributed by atoms with Gasteiger partial charge in [-0.05, 0) is 18.8 Å². The zero-order chi connectivity index (χ0) is 10.9. The van der Waals surface area contributed by atoms with Crippen LogP contribution in [0.4, 0.5) is 5.82 Å². The molecule has 1 rings (SSSR count). The van der Waals surface area contributed by atoms with Crippen molar-refractivity contribution in [2.24, 2.45) is 0 Å². The Morgan fingerprint density at radius 2 is 2.29 bits per heavy atom. The highest BCUT2D eigenvalue weighted by atomic mass is 16.6. The van der Waals surface area contributed by atoms with Crippen molar-refractivity contribution in [3.8, 4) is 0 Å². The number of aliphatic carboxylic acids is 1. The molecule has 0 saturated heterocycles. The van der Waals surface area contributed by atoms with Crippen molar-refractivity contribution in [2.75, 3.05) is 0 Å². The van der Waals surface area contributed by atoms with Crippen LogP contribution in [0.3, 0.4) is 0 Å². The number of nitro groups is 1. The third-order valence-corrected chi connectivity index (χ3v) is 1.94. The molecule has 0 spiro atoms. The Labute approximate surface area is 78.9 Å². The second-order valence-corrected chi connectivity index (χ2v) is 3.33. The van der Waals surface area contributed by atoms with Crippen molar-refractivity contribution in [3.05, 3.63) is 21.9 Å². The summed E-state index contributed by atoms with van der Waals surface area (Å²) in [5.41, 5.74) is -1.10. The average molecular weight is 199 g/mol. The maximum atomic E-state index is 10.8. The van der Waals surface area contributed by atoms with Crippen LogP contribution in [0.5, 0.6) is 0 Å². The maximum Gasteiger partial charge on any atom is 0.342 e. The lowest BCUT2D eigenvalue weighted by Crippen LogP contribution is -2.28. The van der Waals surface area contributed by atoms with E-state index in [0.29, 0.717) is 0 Å². The summed E-state index contributed by atoms with van der Waals surface area (Å²) in [6, 6.07) is 1.12. The Kier molecular flexibility index (Phi) is 2.24. The lowest BCUT2D eigenvalue weighted by Gasteiger charge is -2.13. The van der Waals surface area contributed by atoms with Crippen molar-refractivity contribution in [2.45, 2.75) is 19.3 Å². The van der Waals surface area contributed by atoms with E-state index in [0.717, 1.165) is 6.07 Å². The summed E-state index contributed by atoms with van der Waals surface area (Å²) >= 11 is 0. The molecule has 1 heterocycles. The van der Waals surface area contributed by atoms with E-state index in [1.807, 2.05) is 0 Å². The smallest absolute Gasteiger partial charge is 0.342 e.